The molecule has 0 radical (unpaired) electrons. The summed E-state index contributed by atoms with van der Waals surface area (Å²) in [6.45, 7) is 6.86. The molecule has 0 saturated heterocycles. The summed E-state index contributed by atoms with van der Waals surface area (Å²) in [6.07, 6.45) is 2.26. The molecule has 0 spiro atoms. The van der Waals surface area contributed by atoms with Crippen LogP contribution in [0, 0.1) is 23.7 Å². The van der Waals surface area contributed by atoms with Crippen LogP contribution in [0.1, 0.15) is 40.0 Å². The Kier molecular flexibility index (Phi) is 4.97. The molecule has 0 aromatic carbocycles. The summed E-state index contributed by atoms with van der Waals surface area (Å²) in [5, 5.41) is 11.9. The molecular formula is C13H23NO3. The minimum absolute atomic E-state index is 0.0811. The van der Waals surface area contributed by atoms with Crippen LogP contribution < -0.4 is 5.32 Å². The standard InChI is InChI=1S/C13H23NO3/c1-8(2)4-5-14-12(15)10-6-9(3)7-11(10)13(16)17/h8-11H,4-7H2,1-3H3,(H,14,15)(H,16,17). The molecule has 0 aliphatic heterocycles. The van der Waals surface area contributed by atoms with Gasteiger partial charge in [-0.1, -0.05) is 20.8 Å². The zero-order chi connectivity index (χ0) is 13.0. The average molecular weight is 241 g/mol. The van der Waals surface area contributed by atoms with Crippen molar-refractivity contribution in [2.75, 3.05) is 6.54 Å². The summed E-state index contributed by atoms with van der Waals surface area (Å²) in [5.41, 5.74) is 0. The van der Waals surface area contributed by atoms with Gasteiger partial charge < -0.3 is 10.4 Å². The molecule has 4 nitrogen and oxygen atoms in total. The van der Waals surface area contributed by atoms with Gasteiger partial charge in [0.2, 0.25) is 5.91 Å². The Hall–Kier alpha value is -1.06. The molecular weight excluding hydrogens is 218 g/mol. The topological polar surface area (TPSA) is 66.4 Å². The van der Waals surface area contributed by atoms with E-state index in [4.69, 9.17) is 5.11 Å². The summed E-state index contributed by atoms with van der Waals surface area (Å²) in [6, 6.07) is 0. The minimum Gasteiger partial charge on any atom is -0.481 e. The van der Waals surface area contributed by atoms with Crippen molar-refractivity contribution in [3.8, 4) is 0 Å². The Bertz CT molecular complexity index is 288. The first-order valence-corrected chi connectivity index (χ1v) is 6.42. The van der Waals surface area contributed by atoms with Gasteiger partial charge in [-0.3, -0.25) is 9.59 Å². The maximum atomic E-state index is 11.9. The molecule has 3 unspecified atom stereocenters. The SMILES string of the molecule is CC(C)CCNC(=O)C1CC(C)CC1C(=O)O. The normalized spacial score (nSPS) is 28.4. The highest BCUT2D eigenvalue weighted by atomic mass is 16.4. The smallest absolute Gasteiger partial charge is 0.307 e. The number of rotatable bonds is 5. The van der Waals surface area contributed by atoms with Gasteiger partial charge in [0.25, 0.3) is 0 Å². The van der Waals surface area contributed by atoms with Crippen LogP contribution in [0.25, 0.3) is 0 Å². The fourth-order valence-corrected chi connectivity index (χ4v) is 2.47. The number of nitrogens with one attached hydrogen (secondary N) is 1. The van der Waals surface area contributed by atoms with E-state index < -0.39 is 11.9 Å². The van der Waals surface area contributed by atoms with E-state index in [-0.39, 0.29) is 11.8 Å². The third-order valence-corrected chi connectivity index (χ3v) is 3.47. The van der Waals surface area contributed by atoms with Gasteiger partial charge in [-0.25, -0.2) is 0 Å². The van der Waals surface area contributed by atoms with Crippen molar-refractivity contribution in [3.63, 3.8) is 0 Å². The predicted octanol–water partition coefficient (Wildman–Crippen LogP) is 1.90. The summed E-state index contributed by atoms with van der Waals surface area (Å²) in [5.74, 6) is -0.871. The largest absolute Gasteiger partial charge is 0.481 e. The van der Waals surface area contributed by atoms with Crippen LogP contribution in [0.2, 0.25) is 0 Å². The van der Waals surface area contributed by atoms with Crippen LogP contribution in [-0.4, -0.2) is 23.5 Å². The molecule has 0 heterocycles. The van der Waals surface area contributed by atoms with Crippen molar-refractivity contribution < 1.29 is 14.7 Å². The van der Waals surface area contributed by atoms with Crippen LogP contribution in [0.15, 0.2) is 0 Å². The molecule has 1 fully saturated rings. The number of carboxylic acids is 1. The molecule has 2 N–H and O–H groups in total. The molecule has 98 valence electrons. The summed E-state index contributed by atoms with van der Waals surface area (Å²) in [7, 11) is 0. The first-order valence-electron chi connectivity index (χ1n) is 6.42. The van der Waals surface area contributed by atoms with Crippen molar-refractivity contribution in [3.05, 3.63) is 0 Å². The number of carboxylic acid groups (broad SMARTS) is 1. The van der Waals surface area contributed by atoms with Crippen molar-refractivity contribution >= 4 is 11.9 Å². The molecule has 1 amide bonds. The molecule has 0 aromatic heterocycles. The van der Waals surface area contributed by atoms with Gasteiger partial charge in [-0.2, -0.15) is 0 Å². The van der Waals surface area contributed by atoms with E-state index in [2.05, 4.69) is 19.2 Å². The summed E-state index contributed by atoms with van der Waals surface area (Å²) >= 11 is 0. The minimum atomic E-state index is -0.835. The van der Waals surface area contributed by atoms with Gasteiger partial charge in [0.1, 0.15) is 0 Å². The maximum absolute atomic E-state index is 11.9. The molecule has 4 heteroatoms. The van der Waals surface area contributed by atoms with E-state index in [1.165, 1.54) is 0 Å². The zero-order valence-corrected chi connectivity index (χ0v) is 10.9. The molecule has 3 atom stereocenters. The highest BCUT2D eigenvalue weighted by Gasteiger charge is 2.40. The highest BCUT2D eigenvalue weighted by Crippen LogP contribution is 2.36. The number of hydrogen-bond acceptors (Lipinski definition) is 2. The van der Waals surface area contributed by atoms with Gasteiger partial charge in [0, 0.05) is 6.54 Å². The van der Waals surface area contributed by atoms with Gasteiger partial charge in [0.05, 0.1) is 11.8 Å². The molecule has 1 aliphatic carbocycles. The Balaban J connectivity index is 2.47. The first kappa shape index (κ1) is 14.0. The van der Waals surface area contributed by atoms with E-state index in [1.807, 2.05) is 6.92 Å². The van der Waals surface area contributed by atoms with Crippen molar-refractivity contribution in [2.24, 2.45) is 23.7 Å². The number of hydrogen-bond donors (Lipinski definition) is 2. The van der Waals surface area contributed by atoms with Gasteiger partial charge in [0.15, 0.2) is 0 Å². The Morgan fingerprint density at radius 2 is 1.88 bits per heavy atom. The van der Waals surface area contributed by atoms with Crippen LogP contribution in [0.5, 0.6) is 0 Å². The highest BCUT2D eigenvalue weighted by molar-refractivity contribution is 5.85. The summed E-state index contributed by atoms with van der Waals surface area (Å²) < 4.78 is 0. The molecule has 17 heavy (non-hydrogen) atoms. The average Bonchev–Trinajstić information content (AvgIpc) is 2.59. The van der Waals surface area contributed by atoms with Crippen LogP contribution in [0.4, 0.5) is 0 Å². The lowest BCUT2D eigenvalue weighted by molar-refractivity contribution is -0.146. The van der Waals surface area contributed by atoms with E-state index in [0.29, 0.717) is 31.2 Å². The van der Waals surface area contributed by atoms with E-state index in [1.54, 1.807) is 0 Å². The quantitative estimate of drug-likeness (QED) is 0.772. The Labute approximate surface area is 103 Å². The van der Waals surface area contributed by atoms with Crippen molar-refractivity contribution in [1.82, 2.24) is 5.32 Å². The predicted molar refractivity (Wildman–Crippen MR) is 65.5 cm³/mol. The number of amides is 1. The van der Waals surface area contributed by atoms with Crippen LogP contribution >= 0.6 is 0 Å². The maximum Gasteiger partial charge on any atom is 0.307 e. The number of carbonyl (C=O) groups excluding carboxylic acids is 1. The monoisotopic (exact) mass is 241 g/mol. The first-order chi connectivity index (χ1) is 7.91. The van der Waals surface area contributed by atoms with Gasteiger partial charge in [-0.15, -0.1) is 0 Å². The second kappa shape index (κ2) is 6.03. The third kappa shape index (κ3) is 4.02. The lowest BCUT2D eigenvalue weighted by Crippen LogP contribution is -2.36. The second-order valence-corrected chi connectivity index (χ2v) is 5.60. The lowest BCUT2D eigenvalue weighted by atomic mass is 9.95. The molecule has 0 bridgehead atoms. The van der Waals surface area contributed by atoms with E-state index in [0.717, 1.165) is 6.42 Å². The van der Waals surface area contributed by atoms with Crippen LogP contribution in [0.3, 0.4) is 0 Å². The van der Waals surface area contributed by atoms with Gasteiger partial charge in [-0.05, 0) is 31.1 Å². The van der Waals surface area contributed by atoms with Crippen molar-refractivity contribution in [2.45, 2.75) is 40.0 Å². The van der Waals surface area contributed by atoms with E-state index in [9.17, 15) is 9.59 Å². The second-order valence-electron chi connectivity index (χ2n) is 5.60. The van der Waals surface area contributed by atoms with E-state index >= 15 is 0 Å². The lowest BCUT2D eigenvalue weighted by Gasteiger charge is -2.16. The molecule has 1 aliphatic rings. The zero-order valence-electron chi connectivity index (χ0n) is 10.9. The Morgan fingerprint density at radius 1 is 1.29 bits per heavy atom. The number of aliphatic carboxylic acids is 1. The van der Waals surface area contributed by atoms with Gasteiger partial charge >= 0.3 is 5.97 Å². The molecule has 1 rings (SSSR count). The Morgan fingerprint density at radius 3 is 2.41 bits per heavy atom. The van der Waals surface area contributed by atoms with Crippen LogP contribution in [-0.2, 0) is 9.59 Å². The number of carbonyl (C=O) groups is 2. The third-order valence-electron chi connectivity index (χ3n) is 3.47. The fourth-order valence-electron chi connectivity index (χ4n) is 2.47. The summed E-state index contributed by atoms with van der Waals surface area (Å²) in [4.78, 5) is 23.0. The molecule has 1 saturated carbocycles. The fraction of sp³-hybridized carbons (Fsp3) is 0.846. The van der Waals surface area contributed by atoms with Crippen molar-refractivity contribution in [1.29, 1.82) is 0 Å². The molecule has 0 aromatic rings.